The molecule has 0 aliphatic rings. The smallest absolute Gasteiger partial charge is 0.180 e. The van der Waals surface area contributed by atoms with Crippen molar-refractivity contribution in [2.45, 2.75) is 96.8 Å². The zero-order valence-corrected chi connectivity index (χ0v) is 15.4. The Kier molecular flexibility index (Phi) is 16.0. The summed E-state index contributed by atoms with van der Waals surface area (Å²) in [5, 5.41) is -2.48. The van der Waals surface area contributed by atoms with Gasteiger partial charge in [-0.15, -0.1) is 0 Å². The van der Waals surface area contributed by atoms with Gasteiger partial charge in [0.05, 0.1) is 6.54 Å². The maximum absolute atomic E-state index is 13.1. The van der Waals surface area contributed by atoms with Gasteiger partial charge in [-0.25, -0.2) is 0 Å². The normalized spacial score (nSPS) is 10.8. The maximum atomic E-state index is 13.1. The summed E-state index contributed by atoms with van der Waals surface area (Å²) < 4.78 is 37.0. The van der Waals surface area contributed by atoms with Gasteiger partial charge in [0, 0.05) is 0 Å². The molecule has 0 unspecified atom stereocenters. The quantitative estimate of drug-likeness (QED) is 0.177. The molecule has 0 spiro atoms. The molecule has 0 aliphatic carbocycles. The molecule has 0 saturated carbocycles. The molecule has 138 valence electrons. The highest BCUT2D eigenvalue weighted by Gasteiger charge is 2.15. The van der Waals surface area contributed by atoms with E-state index >= 15 is 0 Å². The highest BCUT2D eigenvalue weighted by atomic mass is 32.1. The Bertz CT molecular complexity index is 279. The Morgan fingerprint density at radius 2 is 1.00 bits per heavy atom. The second-order valence-electron chi connectivity index (χ2n) is 6.20. The first kappa shape index (κ1) is 22.5. The Balaban J connectivity index is 3.18. The first-order valence-electron chi connectivity index (χ1n) is 9.18. The van der Waals surface area contributed by atoms with Crippen LogP contribution in [0.1, 0.15) is 96.8 Å². The van der Waals surface area contributed by atoms with E-state index in [1.807, 2.05) is 0 Å². The molecule has 0 aliphatic heterocycles. The largest absolute Gasteiger partial charge is 0.264 e. The average Bonchev–Trinajstić information content (AvgIpc) is 2.54. The molecule has 2 nitrogen and oxygen atoms in total. The topological polar surface area (TPSA) is 6.48 Å². The molecule has 0 amide bonds. The first-order chi connectivity index (χ1) is 11.1. The van der Waals surface area contributed by atoms with Crippen LogP contribution in [0.2, 0.25) is 0 Å². The van der Waals surface area contributed by atoms with Crippen molar-refractivity contribution < 1.29 is 13.4 Å². The van der Waals surface area contributed by atoms with E-state index < -0.39 is 10.5 Å². The highest BCUT2D eigenvalue weighted by molar-refractivity contribution is 7.80. The fourth-order valence-corrected chi connectivity index (χ4v) is 2.71. The van der Waals surface area contributed by atoms with E-state index in [-0.39, 0.29) is 11.7 Å². The molecule has 0 heterocycles. The van der Waals surface area contributed by atoms with Gasteiger partial charge < -0.3 is 0 Å². The Morgan fingerprint density at radius 3 is 1.35 bits per heavy atom. The summed E-state index contributed by atoms with van der Waals surface area (Å²) in [7, 11) is 0. The van der Waals surface area contributed by atoms with Gasteiger partial charge in [0.2, 0.25) is 0 Å². The van der Waals surface area contributed by atoms with Crippen molar-refractivity contribution in [3.8, 4) is 0 Å². The minimum atomic E-state index is -1.36. The van der Waals surface area contributed by atoms with Crippen molar-refractivity contribution in [3.05, 3.63) is 0 Å². The van der Waals surface area contributed by atoms with E-state index in [0.29, 0.717) is 6.42 Å². The van der Waals surface area contributed by atoms with E-state index in [1.54, 1.807) is 0 Å². The Hall–Kier alpha value is -0.520. The van der Waals surface area contributed by atoms with Crippen molar-refractivity contribution in [1.82, 2.24) is 10.5 Å². The molecule has 6 heteroatoms. The zero-order valence-electron chi connectivity index (χ0n) is 14.5. The van der Waals surface area contributed by atoms with E-state index in [9.17, 15) is 13.4 Å². The number of hydrogen-bond donors (Lipinski definition) is 0. The molecular formula is C17H33F3N2S. The molecule has 0 fully saturated rings. The maximum Gasteiger partial charge on any atom is 0.264 e. The minimum Gasteiger partial charge on any atom is -0.180 e. The van der Waals surface area contributed by atoms with Crippen molar-refractivity contribution in [2.24, 2.45) is 0 Å². The molecule has 0 aromatic heterocycles. The van der Waals surface area contributed by atoms with Crippen molar-refractivity contribution >= 4 is 17.3 Å². The molecule has 0 rings (SSSR count). The predicted molar refractivity (Wildman–Crippen MR) is 94.8 cm³/mol. The van der Waals surface area contributed by atoms with Crippen LogP contribution in [-0.4, -0.2) is 22.1 Å². The monoisotopic (exact) mass is 354 g/mol. The van der Waals surface area contributed by atoms with Crippen LogP contribution < -0.4 is 0 Å². The van der Waals surface area contributed by atoms with Crippen LogP contribution in [0, 0.1) is 0 Å². The highest BCUT2D eigenvalue weighted by Crippen LogP contribution is 2.13. The van der Waals surface area contributed by atoms with Crippen LogP contribution in [-0.2, 0) is 0 Å². The summed E-state index contributed by atoms with van der Waals surface area (Å²) in [6.45, 7) is 2.19. The van der Waals surface area contributed by atoms with E-state index in [2.05, 4.69) is 19.1 Å². The lowest BCUT2D eigenvalue weighted by Gasteiger charge is -2.13. The standard InChI is InChI=1S/C17H33F3N2S/c1-2-3-4-5-6-7-8-9-10-11-12-13-14-15-16-21(18)17(23)22(19)20/h2-16H2,1H3. The van der Waals surface area contributed by atoms with Crippen LogP contribution in [0.15, 0.2) is 0 Å². The van der Waals surface area contributed by atoms with Crippen LogP contribution in [0.5, 0.6) is 0 Å². The molecular weight excluding hydrogens is 321 g/mol. The van der Waals surface area contributed by atoms with Crippen LogP contribution in [0.25, 0.3) is 0 Å². The molecule has 0 aromatic carbocycles. The third-order valence-corrected chi connectivity index (χ3v) is 4.40. The van der Waals surface area contributed by atoms with Gasteiger partial charge in [0.1, 0.15) is 0 Å². The summed E-state index contributed by atoms with van der Waals surface area (Å²) >= 11 is 4.23. The number of halogens is 3. The predicted octanol–water partition coefficient (Wildman–Crippen LogP) is 7.01. The second-order valence-corrected chi connectivity index (χ2v) is 6.56. The third kappa shape index (κ3) is 14.8. The van der Waals surface area contributed by atoms with Crippen LogP contribution in [0.3, 0.4) is 0 Å². The lowest BCUT2D eigenvalue weighted by molar-refractivity contribution is -0.0971. The molecule has 0 atom stereocenters. The van der Waals surface area contributed by atoms with E-state index in [0.717, 1.165) is 19.3 Å². The molecule has 0 saturated heterocycles. The van der Waals surface area contributed by atoms with Gasteiger partial charge >= 0.3 is 0 Å². The molecule has 23 heavy (non-hydrogen) atoms. The van der Waals surface area contributed by atoms with Gasteiger partial charge in [-0.3, -0.25) is 0 Å². The number of nitrogens with zero attached hydrogens (tertiary/aromatic N) is 2. The lowest BCUT2D eigenvalue weighted by Crippen LogP contribution is -2.29. The Morgan fingerprint density at radius 1 is 0.652 bits per heavy atom. The van der Waals surface area contributed by atoms with Crippen molar-refractivity contribution in [1.29, 1.82) is 0 Å². The number of hydrogen-bond acceptors (Lipinski definition) is 1. The lowest BCUT2D eigenvalue weighted by atomic mass is 10.0. The third-order valence-electron chi connectivity index (χ3n) is 4.06. The Labute approximate surface area is 145 Å². The number of thiocarbonyl (C=S) groups is 1. The van der Waals surface area contributed by atoms with Gasteiger partial charge in [-0.1, -0.05) is 104 Å². The minimum absolute atomic E-state index is 0.0544. The zero-order chi connectivity index (χ0) is 17.3. The van der Waals surface area contributed by atoms with Gasteiger partial charge in [0.15, 0.2) is 0 Å². The van der Waals surface area contributed by atoms with E-state index in [4.69, 9.17) is 0 Å². The number of unbranched alkanes of at least 4 members (excludes halogenated alkanes) is 13. The summed E-state index contributed by atoms with van der Waals surface area (Å²) in [5.74, 6) is 0. The average molecular weight is 355 g/mol. The second kappa shape index (κ2) is 16.3. The van der Waals surface area contributed by atoms with Gasteiger partial charge in [0.25, 0.3) is 5.11 Å². The summed E-state index contributed by atoms with van der Waals surface area (Å²) in [4.78, 5) is 0. The molecule has 0 radical (unpaired) electrons. The fraction of sp³-hybridized carbons (Fsp3) is 0.941. The van der Waals surface area contributed by atoms with Gasteiger partial charge in [-0.2, -0.15) is 5.12 Å². The summed E-state index contributed by atoms with van der Waals surface area (Å²) in [6.07, 6.45) is 16.9. The molecule has 0 bridgehead atoms. The molecule has 0 aromatic rings. The van der Waals surface area contributed by atoms with Crippen molar-refractivity contribution in [2.75, 3.05) is 6.54 Å². The summed E-state index contributed by atoms with van der Waals surface area (Å²) in [6, 6.07) is 0. The van der Waals surface area contributed by atoms with Crippen molar-refractivity contribution in [3.63, 3.8) is 0 Å². The van der Waals surface area contributed by atoms with Crippen LogP contribution >= 0.6 is 12.2 Å². The first-order valence-corrected chi connectivity index (χ1v) is 9.59. The van der Waals surface area contributed by atoms with E-state index in [1.165, 1.54) is 64.2 Å². The van der Waals surface area contributed by atoms with Gasteiger partial charge in [-0.05, 0) is 24.0 Å². The molecule has 0 N–H and O–H groups in total. The van der Waals surface area contributed by atoms with Crippen LogP contribution in [0.4, 0.5) is 13.4 Å². The fourth-order valence-electron chi connectivity index (χ4n) is 2.62. The summed E-state index contributed by atoms with van der Waals surface area (Å²) in [5.41, 5.74) is 0. The number of rotatable bonds is 15. The SMILES string of the molecule is CCCCCCCCCCCCCCCCN(F)C(=S)N(F)F.